The number of rotatable bonds is 5. The van der Waals surface area contributed by atoms with E-state index in [1.165, 1.54) is 6.42 Å². The van der Waals surface area contributed by atoms with Crippen molar-refractivity contribution in [2.45, 2.75) is 45.7 Å². The van der Waals surface area contributed by atoms with Gasteiger partial charge in [0.1, 0.15) is 11.3 Å². The average Bonchev–Trinajstić information content (AvgIpc) is 2.91. The molecule has 1 N–H and O–H groups in total. The molecule has 0 saturated carbocycles. The number of nitrogens with one attached hydrogen (secondary N) is 1. The fraction of sp³-hybridized carbons (Fsp3) is 0.409. The lowest BCUT2D eigenvalue weighted by Crippen LogP contribution is -2.23. The SMILES string of the molecule is COc1cccc(CNC(=O)c2cc(C)nc3c2nc2n3CCCCC2)c1OC. The minimum absolute atomic E-state index is 0.168. The van der Waals surface area contributed by atoms with Crippen LogP contribution in [0.4, 0.5) is 0 Å². The van der Waals surface area contributed by atoms with Gasteiger partial charge in [0.2, 0.25) is 0 Å². The molecule has 0 bridgehead atoms. The monoisotopic (exact) mass is 394 g/mol. The molecule has 0 spiro atoms. The Morgan fingerprint density at radius 3 is 2.83 bits per heavy atom. The molecule has 3 aromatic rings. The van der Waals surface area contributed by atoms with Gasteiger partial charge in [0.25, 0.3) is 5.91 Å². The van der Waals surface area contributed by atoms with Crippen LogP contribution in [-0.2, 0) is 19.5 Å². The van der Waals surface area contributed by atoms with Crippen molar-refractivity contribution in [3.63, 3.8) is 0 Å². The largest absolute Gasteiger partial charge is 0.493 e. The molecule has 1 aliphatic heterocycles. The Hall–Kier alpha value is -3.09. The Balaban J connectivity index is 1.64. The Kier molecular flexibility index (Phi) is 5.38. The first-order valence-corrected chi connectivity index (χ1v) is 9.97. The molecule has 4 rings (SSSR count). The number of ether oxygens (including phenoxy) is 2. The van der Waals surface area contributed by atoms with Gasteiger partial charge in [0, 0.05) is 30.8 Å². The van der Waals surface area contributed by atoms with E-state index in [-0.39, 0.29) is 5.91 Å². The standard InChI is InChI=1S/C22H26N4O3/c1-14-12-16(19-21(24-14)26-11-6-4-5-10-18(26)25-19)22(27)23-13-15-8-7-9-17(28-2)20(15)29-3/h7-9,12H,4-6,10-11,13H2,1-3H3,(H,23,27). The predicted octanol–water partition coefficient (Wildman–Crippen LogP) is 3.41. The number of carbonyl (C=O) groups is 1. The number of methoxy groups -OCH3 is 2. The first-order chi connectivity index (χ1) is 14.1. The Bertz CT molecular complexity index is 1060. The van der Waals surface area contributed by atoms with E-state index in [4.69, 9.17) is 14.5 Å². The van der Waals surface area contributed by atoms with Crippen molar-refractivity contribution in [1.29, 1.82) is 0 Å². The molecule has 0 unspecified atom stereocenters. The third-order valence-corrected chi connectivity index (χ3v) is 5.36. The minimum atomic E-state index is -0.168. The maximum absolute atomic E-state index is 13.1. The molecular formula is C22H26N4O3. The number of imidazole rings is 1. The second kappa shape index (κ2) is 8.11. The van der Waals surface area contributed by atoms with Crippen LogP contribution < -0.4 is 14.8 Å². The number of aromatic nitrogens is 3. The number of amides is 1. The van der Waals surface area contributed by atoms with E-state index in [9.17, 15) is 4.79 Å². The summed E-state index contributed by atoms with van der Waals surface area (Å²) in [6, 6.07) is 7.43. The second-order valence-electron chi connectivity index (χ2n) is 7.31. The lowest BCUT2D eigenvalue weighted by Gasteiger charge is -2.13. The average molecular weight is 394 g/mol. The summed E-state index contributed by atoms with van der Waals surface area (Å²) in [5, 5.41) is 3.00. The number of nitrogens with zero attached hydrogens (tertiary/aromatic N) is 3. The van der Waals surface area contributed by atoms with E-state index >= 15 is 0 Å². The molecule has 1 aromatic carbocycles. The summed E-state index contributed by atoms with van der Waals surface area (Å²) in [4.78, 5) is 22.5. The van der Waals surface area contributed by atoms with E-state index in [1.807, 2.05) is 31.2 Å². The number of aryl methyl sites for hydroxylation is 3. The summed E-state index contributed by atoms with van der Waals surface area (Å²) < 4.78 is 13.0. The van der Waals surface area contributed by atoms with Crippen molar-refractivity contribution in [2.75, 3.05) is 14.2 Å². The van der Waals surface area contributed by atoms with Crippen LogP contribution in [0.3, 0.4) is 0 Å². The number of fused-ring (bicyclic) bond motifs is 3. The fourth-order valence-electron chi connectivity index (χ4n) is 3.95. The van der Waals surface area contributed by atoms with E-state index in [1.54, 1.807) is 14.2 Å². The number of hydrogen-bond acceptors (Lipinski definition) is 5. The Morgan fingerprint density at radius 2 is 2.03 bits per heavy atom. The van der Waals surface area contributed by atoms with Gasteiger partial charge in [-0.3, -0.25) is 4.79 Å². The van der Waals surface area contributed by atoms with Crippen LogP contribution in [0, 0.1) is 6.92 Å². The lowest BCUT2D eigenvalue weighted by atomic mass is 10.1. The van der Waals surface area contributed by atoms with Gasteiger partial charge in [-0.25, -0.2) is 9.97 Å². The van der Waals surface area contributed by atoms with Crippen molar-refractivity contribution in [3.8, 4) is 11.5 Å². The molecule has 0 saturated heterocycles. The molecule has 1 amide bonds. The molecule has 29 heavy (non-hydrogen) atoms. The zero-order valence-corrected chi connectivity index (χ0v) is 17.1. The number of benzene rings is 1. The van der Waals surface area contributed by atoms with E-state index in [2.05, 4.69) is 14.9 Å². The molecular weight excluding hydrogens is 368 g/mol. The smallest absolute Gasteiger partial charge is 0.253 e. The highest BCUT2D eigenvalue weighted by Crippen LogP contribution is 2.30. The van der Waals surface area contributed by atoms with Crippen LogP contribution >= 0.6 is 0 Å². The summed E-state index contributed by atoms with van der Waals surface area (Å²) in [6.07, 6.45) is 4.37. The van der Waals surface area contributed by atoms with Crippen molar-refractivity contribution >= 4 is 17.1 Å². The zero-order chi connectivity index (χ0) is 20.4. The molecule has 2 aromatic heterocycles. The van der Waals surface area contributed by atoms with Crippen LogP contribution in [0.15, 0.2) is 24.3 Å². The molecule has 0 fully saturated rings. The van der Waals surface area contributed by atoms with Crippen LogP contribution in [0.25, 0.3) is 11.2 Å². The predicted molar refractivity (Wildman–Crippen MR) is 111 cm³/mol. The van der Waals surface area contributed by atoms with Gasteiger partial charge in [0.05, 0.1) is 19.8 Å². The van der Waals surface area contributed by atoms with Gasteiger partial charge in [-0.1, -0.05) is 18.6 Å². The zero-order valence-electron chi connectivity index (χ0n) is 17.1. The van der Waals surface area contributed by atoms with Gasteiger partial charge in [-0.2, -0.15) is 0 Å². The summed E-state index contributed by atoms with van der Waals surface area (Å²) >= 11 is 0. The minimum Gasteiger partial charge on any atom is -0.493 e. The number of hydrogen-bond donors (Lipinski definition) is 1. The molecule has 7 heteroatoms. The third kappa shape index (κ3) is 3.64. The topological polar surface area (TPSA) is 78.3 Å². The van der Waals surface area contributed by atoms with Crippen LogP contribution in [0.5, 0.6) is 11.5 Å². The molecule has 1 aliphatic rings. The number of carbonyl (C=O) groups excluding carboxylic acids is 1. The molecule has 0 radical (unpaired) electrons. The molecule has 0 atom stereocenters. The van der Waals surface area contributed by atoms with Gasteiger partial charge in [-0.05, 0) is 31.9 Å². The maximum atomic E-state index is 13.1. The normalized spacial score (nSPS) is 13.6. The Morgan fingerprint density at radius 1 is 1.17 bits per heavy atom. The molecule has 7 nitrogen and oxygen atoms in total. The summed E-state index contributed by atoms with van der Waals surface area (Å²) in [7, 11) is 3.19. The first-order valence-electron chi connectivity index (χ1n) is 9.97. The van der Waals surface area contributed by atoms with Gasteiger partial charge >= 0.3 is 0 Å². The van der Waals surface area contributed by atoms with E-state index in [0.717, 1.165) is 48.5 Å². The van der Waals surface area contributed by atoms with Crippen molar-refractivity contribution in [2.24, 2.45) is 0 Å². The van der Waals surface area contributed by atoms with Crippen LogP contribution in [-0.4, -0.2) is 34.7 Å². The van der Waals surface area contributed by atoms with Crippen molar-refractivity contribution in [3.05, 3.63) is 46.9 Å². The number of pyridine rings is 1. The lowest BCUT2D eigenvalue weighted by molar-refractivity contribution is 0.0952. The summed E-state index contributed by atoms with van der Waals surface area (Å²) in [5.41, 5.74) is 3.72. The van der Waals surface area contributed by atoms with Crippen LogP contribution in [0.1, 0.15) is 46.7 Å². The van der Waals surface area contributed by atoms with Crippen molar-refractivity contribution < 1.29 is 14.3 Å². The van der Waals surface area contributed by atoms with E-state index in [0.29, 0.717) is 29.1 Å². The van der Waals surface area contributed by atoms with Crippen molar-refractivity contribution in [1.82, 2.24) is 19.9 Å². The summed E-state index contributed by atoms with van der Waals surface area (Å²) in [5.74, 6) is 2.12. The van der Waals surface area contributed by atoms with Gasteiger partial charge in [0.15, 0.2) is 17.1 Å². The van der Waals surface area contributed by atoms with E-state index < -0.39 is 0 Å². The summed E-state index contributed by atoms with van der Waals surface area (Å²) in [6.45, 7) is 3.15. The van der Waals surface area contributed by atoms with Gasteiger partial charge in [-0.15, -0.1) is 0 Å². The molecule has 152 valence electrons. The quantitative estimate of drug-likeness (QED) is 0.717. The third-order valence-electron chi connectivity index (χ3n) is 5.36. The fourth-order valence-corrected chi connectivity index (χ4v) is 3.95. The maximum Gasteiger partial charge on any atom is 0.253 e. The second-order valence-corrected chi connectivity index (χ2v) is 7.31. The first kappa shape index (κ1) is 19.2. The number of para-hydroxylation sites is 1. The highest BCUT2D eigenvalue weighted by molar-refractivity contribution is 6.04. The highest BCUT2D eigenvalue weighted by Gasteiger charge is 2.21. The van der Waals surface area contributed by atoms with Gasteiger partial charge < -0.3 is 19.4 Å². The van der Waals surface area contributed by atoms with Crippen LogP contribution in [0.2, 0.25) is 0 Å². The Labute approximate surface area is 170 Å². The molecule has 0 aliphatic carbocycles. The highest BCUT2D eigenvalue weighted by atomic mass is 16.5. The molecule has 3 heterocycles.